The first-order chi connectivity index (χ1) is 12.7. The Morgan fingerprint density at radius 2 is 1.70 bits per heavy atom. The first-order valence-corrected chi connectivity index (χ1v) is 7.72. The Kier molecular flexibility index (Phi) is 4.65. The van der Waals surface area contributed by atoms with Crippen molar-refractivity contribution >= 4 is 16.9 Å². The molecule has 140 valence electrons. The van der Waals surface area contributed by atoms with Crippen molar-refractivity contribution in [3.8, 4) is 22.8 Å². The van der Waals surface area contributed by atoms with E-state index in [2.05, 4.69) is 4.98 Å². The Hall–Kier alpha value is -3.29. The molecule has 0 aliphatic carbocycles. The van der Waals surface area contributed by atoms with Crippen molar-refractivity contribution in [2.24, 2.45) is 0 Å². The predicted octanol–water partition coefficient (Wildman–Crippen LogP) is 4.64. The van der Waals surface area contributed by atoms with Crippen molar-refractivity contribution in [3.63, 3.8) is 0 Å². The number of pyridine rings is 1. The molecular formula is C19H14F3NO4. The number of benzene rings is 2. The molecule has 0 bridgehead atoms. The molecule has 5 nitrogen and oxygen atoms in total. The number of carboxylic acid groups (broad SMARTS) is 1. The molecule has 0 saturated heterocycles. The van der Waals surface area contributed by atoms with E-state index < -0.39 is 17.7 Å². The Balaban J connectivity index is 2.24. The molecular weight excluding hydrogens is 363 g/mol. The summed E-state index contributed by atoms with van der Waals surface area (Å²) in [7, 11) is 2.84. The SMILES string of the molecule is COc1cc(OC)c2c(C(=O)O)cc(-c3ccc(C(F)(F)F)cc3)nc2c1. The van der Waals surface area contributed by atoms with Gasteiger partial charge in [-0.1, -0.05) is 12.1 Å². The molecule has 0 fully saturated rings. The van der Waals surface area contributed by atoms with Gasteiger partial charge in [-0.2, -0.15) is 13.2 Å². The van der Waals surface area contributed by atoms with Crippen LogP contribution >= 0.6 is 0 Å². The van der Waals surface area contributed by atoms with Gasteiger partial charge in [-0.3, -0.25) is 0 Å². The van der Waals surface area contributed by atoms with Crippen molar-refractivity contribution < 1.29 is 32.5 Å². The molecule has 3 rings (SSSR count). The highest BCUT2D eigenvalue weighted by Crippen LogP contribution is 2.36. The maximum absolute atomic E-state index is 12.7. The van der Waals surface area contributed by atoms with Crippen molar-refractivity contribution in [1.82, 2.24) is 4.98 Å². The predicted molar refractivity (Wildman–Crippen MR) is 92.2 cm³/mol. The summed E-state index contributed by atoms with van der Waals surface area (Å²) in [6.07, 6.45) is -4.46. The summed E-state index contributed by atoms with van der Waals surface area (Å²) >= 11 is 0. The number of rotatable bonds is 4. The van der Waals surface area contributed by atoms with Crippen LogP contribution in [0.4, 0.5) is 13.2 Å². The lowest BCUT2D eigenvalue weighted by Gasteiger charge is -2.13. The van der Waals surface area contributed by atoms with Crippen molar-refractivity contribution in [3.05, 3.63) is 53.6 Å². The van der Waals surface area contributed by atoms with Gasteiger partial charge in [0.05, 0.1) is 41.9 Å². The van der Waals surface area contributed by atoms with Crippen LogP contribution in [0.2, 0.25) is 0 Å². The fourth-order valence-corrected chi connectivity index (χ4v) is 2.73. The quantitative estimate of drug-likeness (QED) is 0.718. The molecule has 0 unspecified atom stereocenters. The number of ether oxygens (including phenoxy) is 2. The molecule has 2 aromatic carbocycles. The monoisotopic (exact) mass is 377 g/mol. The average Bonchev–Trinajstić information content (AvgIpc) is 2.65. The Labute approximate surface area is 152 Å². The largest absolute Gasteiger partial charge is 0.497 e. The van der Waals surface area contributed by atoms with Crippen LogP contribution in [0.5, 0.6) is 11.5 Å². The van der Waals surface area contributed by atoms with E-state index >= 15 is 0 Å². The minimum atomic E-state index is -4.46. The second-order valence-corrected chi connectivity index (χ2v) is 5.66. The summed E-state index contributed by atoms with van der Waals surface area (Å²) in [5, 5.41) is 9.87. The summed E-state index contributed by atoms with van der Waals surface area (Å²) in [5.41, 5.74) is 0.00218. The number of hydrogen-bond acceptors (Lipinski definition) is 4. The summed E-state index contributed by atoms with van der Waals surface area (Å²) < 4.78 is 48.7. The van der Waals surface area contributed by atoms with Crippen LogP contribution in [0.25, 0.3) is 22.2 Å². The van der Waals surface area contributed by atoms with E-state index in [1.165, 1.54) is 44.6 Å². The van der Waals surface area contributed by atoms with Gasteiger partial charge in [0.15, 0.2) is 0 Å². The Morgan fingerprint density at radius 1 is 1.04 bits per heavy atom. The minimum absolute atomic E-state index is 0.0746. The molecule has 27 heavy (non-hydrogen) atoms. The number of nitrogens with zero attached hydrogens (tertiary/aromatic N) is 1. The van der Waals surface area contributed by atoms with Crippen LogP contribution in [0.1, 0.15) is 15.9 Å². The second kappa shape index (κ2) is 6.79. The Morgan fingerprint density at radius 3 is 2.22 bits per heavy atom. The van der Waals surface area contributed by atoms with Crippen LogP contribution in [0.15, 0.2) is 42.5 Å². The number of aromatic carboxylic acids is 1. The highest BCUT2D eigenvalue weighted by Gasteiger charge is 2.30. The number of aromatic nitrogens is 1. The second-order valence-electron chi connectivity index (χ2n) is 5.66. The van der Waals surface area contributed by atoms with Gasteiger partial charge in [0.1, 0.15) is 11.5 Å². The lowest BCUT2D eigenvalue weighted by Crippen LogP contribution is -2.05. The zero-order valence-electron chi connectivity index (χ0n) is 14.3. The number of fused-ring (bicyclic) bond motifs is 1. The molecule has 0 radical (unpaired) electrons. The summed E-state index contributed by atoms with van der Waals surface area (Å²) in [6.45, 7) is 0. The third kappa shape index (κ3) is 3.51. The maximum atomic E-state index is 12.7. The average molecular weight is 377 g/mol. The van der Waals surface area contributed by atoms with E-state index in [4.69, 9.17) is 9.47 Å². The molecule has 0 saturated carbocycles. The zero-order valence-corrected chi connectivity index (χ0v) is 14.3. The molecule has 0 spiro atoms. The molecule has 8 heteroatoms. The van der Waals surface area contributed by atoms with E-state index in [9.17, 15) is 23.1 Å². The topological polar surface area (TPSA) is 68.7 Å². The maximum Gasteiger partial charge on any atom is 0.416 e. The molecule has 1 aromatic heterocycles. The van der Waals surface area contributed by atoms with E-state index in [-0.39, 0.29) is 22.4 Å². The number of carboxylic acids is 1. The van der Waals surface area contributed by atoms with Crippen molar-refractivity contribution in [1.29, 1.82) is 0 Å². The lowest BCUT2D eigenvalue weighted by atomic mass is 10.0. The minimum Gasteiger partial charge on any atom is -0.497 e. The van der Waals surface area contributed by atoms with Crippen molar-refractivity contribution in [2.45, 2.75) is 6.18 Å². The van der Waals surface area contributed by atoms with Gasteiger partial charge in [0.2, 0.25) is 0 Å². The van der Waals surface area contributed by atoms with Gasteiger partial charge < -0.3 is 14.6 Å². The summed E-state index contributed by atoms with van der Waals surface area (Å²) in [4.78, 5) is 16.1. The third-order valence-corrected chi connectivity index (χ3v) is 4.04. The van der Waals surface area contributed by atoms with Gasteiger partial charge in [-0.25, -0.2) is 9.78 Å². The summed E-state index contributed by atoms with van der Waals surface area (Å²) in [5.74, 6) is -0.528. The zero-order chi connectivity index (χ0) is 19.8. The van der Waals surface area contributed by atoms with Crippen LogP contribution in [-0.4, -0.2) is 30.3 Å². The first kappa shape index (κ1) is 18.5. The van der Waals surface area contributed by atoms with E-state index in [0.717, 1.165) is 12.1 Å². The Bertz CT molecular complexity index is 1010. The van der Waals surface area contributed by atoms with E-state index in [1.807, 2.05) is 0 Å². The number of methoxy groups -OCH3 is 2. The molecule has 0 atom stereocenters. The number of halogens is 3. The smallest absolute Gasteiger partial charge is 0.416 e. The fraction of sp³-hybridized carbons (Fsp3) is 0.158. The number of alkyl halides is 3. The number of hydrogen-bond donors (Lipinski definition) is 1. The molecule has 0 amide bonds. The van der Waals surface area contributed by atoms with E-state index in [1.54, 1.807) is 0 Å². The molecule has 3 aromatic rings. The van der Waals surface area contributed by atoms with Crippen LogP contribution in [-0.2, 0) is 6.18 Å². The molecule has 0 aliphatic heterocycles. The van der Waals surface area contributed by atoms with Gasteiger partial charge in [-0.05, 0) is 18.2 Å². The molecule has 0 aliphatic rings. The van der Waals surface area contributed by atoms with Crippen molar-refractivity contribution in [2.75, 3.05) is 14.2 Å². The van der Waals surface area contributed by atoms with Crippen LogP contribution < -0.4 is 9.47 Å². The van der Waals surface area contributed by atoms with Gasteiger partial charge in [0.25, 0.3) is 0 Å². The normalized spacial score (nSPS) is 11.4. The van der Waals surface area contributed by atoms with Crippen LogP contribution in [0, 0.1) is 0 Å². The molecule has 1 N–H and O–H groups in total. The highest BCUT2D eigenvalue weighted by molar-refractivity contribution is 6.06. The third-order valence-electron chi connectivity index (χ3n) is 4.04. The molecule has 1 heterocycles. The van der Waals surface area contributed by atoms with Gasteiger partial charge in [-0.15, -0.1) is 0 Å². The highest BCUT2D eigenvalue weighted by atomic mass is 19.4. The number of carbonyl (C=O) groups is 1. The van der Waals surface area contributed by atoms with Gasteiger partial charge in [0, 0.05) is 17.7 Å². The fourth-order valence-electron chi connectivity index (χ4n) is 2.73. The standard InChI is InChI=1S/C19H14F3NO4/c1-26-12-7-15-17(16(8-12)27-2)13(18(24)25)9-14(23-15)10-3-5-11(6-4-10)19(20,21)22/h3-9H,1-2H3,(H,24,25). The van der Waals surface area contributed by atoms with Crippen LogP contribution in [0.3, 0.4) is 0 Å². The van der Waals surface area contributed by atoms with Gasteiger partial charge >= 0.3 is 12.1 Å². The summed E-state index contributed by atoms with van der Waals surface area (Å²) in [6, 6.07) is 8.73. The van der Waals surface area contributed by atoms with E-state index in [0.29, 0.717) is 16.8 Å². The lowest BCUT2D eigenvalue weighted by molar-refractivity contribution is -0.137. The first-order valence-electron chi connectivity index (χ1n) is 7.72.